The number of nitrogens with zero attached hydrogens (tertiary/aromatic N) is 4. The molecule has 0 atom stereocenters. The molecule has 6 nitrogen and oxygen atoms in total. The third-order valence-corrected chi connectivity index (χ3v) is 5.98. The maximum absolute atomic E-state index is 6.24. The lowest BCUT2D eigenvalue weighted by molar-refractivity contribution is 0.687. The van der Waals surface area contributed by atoms with Crippen LogP contribution in [0, 0.1) is 0 Å². The molecule has 2 N–H and O–H groups in total. The molecule has 0 radical (unpaired) electrons. The molecule has 2 heterocycles. The van der Waals surface area contributed by atoms with Crippen molar-refractivity contribution in [3.8, 4) is 0 Å². The Kier molecular flexibility index (Phi) is 7.23. The molecule has 0 aliphatic heterocycles. The number of hydrogen-bond acceptors (Lipinski definition) is 3. The smallest absolute Gasteiger partial charge is 0.176 e. The standard InChI is InChI=1S/C21H16Cl4N6S/c22-15-3-2-14(18(24)8-15)11-31-12-16(9-26-31)27-21(32)28-20-5-6-30(29-20)10-13-1-4-17(23)19(25)7-13/h1-9,12H,10-11H2,(H2,27,28,29,32). The summed E-state index contributed by atoms with van der Waals surface area (Å²) in [5, 5.41) is 17.6. The third kappa shape index (κ3) is 5.94. The molecular formula is C21H16Cl4N6S. The summed E-state index contributed by atoms with van der Waals surface area (Å²) in [6.45, 7) is 1.07. The molecule has 2 aromatic carbocycles. The quantitative estimate of drug-likeness (QED) is 0.278. The van der Waals surface area contributed by atoms with Gasteiger partial charge in [-0.05, 0) is 47.6 Å². The molecule has 164 valence electrons. The van der Waals surface area contributed by atoms with E-state index in [0.717, 1.165) is 16.8 Å². The van der Waals surface area contributed by atoms with Gasteiger partial charge in [-0.1, -0.05) is 58.5 Å². The van der Waals surface area contributed by atoms with E-state index in [1.807, 2.05) is 36.7 Å². The van der Waals surface area contributed by atoms with E-state index in [0.29, 0.717) is 44.1 Å². The Morgan fingerprint density at radius 3 is 2.50 bits per heavy atom. The first-order valence-electron chi connectivity index (χ1n) is 9.37. The topological polar surface area (TPSA) is 59.7 Å². The average molecular weight is 526 g/mol. The van der Waals surface area contributed by atoms with Crippen molar-refractivity contribution < 1.29 is 0 Å². The number of hydrogen-bond donors (Lipinski definition) is 2. The van der Waals surface area contributed by atoms with Crippen molar-refractivity contribution in [2.24, 2.45) is 0 Å². The summed E-state index contributed by atoms with van der Waals surface area (Å²) in [5.74, 6) is 0.614. The predicted molar refractivity (Wildman–Crippen MR) is 135 cm³/mol. The SMILES string of the molecule is S=C(Nc1cnn(Cc2ccc(Cl)cc2Cl)c1)Nc1ccn(Cc2ccc(Cl)c(Cl)c2)n1. The largest absolute Gasteiger partial charge is 0.330 e. The van der Waals surface area contributed by atoms with E-state index < -0.39 is 0 Å². The Labute approximate surface area is 210 Å². The van der Waals surface area contributed by atoms with Gasteiger partial charge in [-0.15, -0.1) is 0 Å². The zero-order valence-electron chi connectivity index (χ0n) is 16.4. The van der Waals surface area contributed by atoms with Crippen molar-refractivity contribution in [1.82, 2.24) is 19.6 Å². The normalized spacial score (nSPS) is 10.9. The average Bonchev–Trinajstić information content (AvgIpc) is 3.36. The van der Waals surface area contributed by atoms with Gasteiger partial charge in [0.2, 0.25) is 0 Å². The minimum absolute atomic E-state index is 0.397. The van der Waals surface area contributed by atoms with Crippen molar-refractivity contribution in [1.29, 1.82) is 0 Å². The second-order valence-electron chi connectivity index (χ2n) is 6.89. The van der Waals surface area contributed by atoms with Crippen molar-refractivity contribution in [2.75, 3.05) is 10.6 Å². The van der Waals surface area contributed by atoms with E-state index in [-0.39, 0.29) is 0 Å². The lowest BCUT2D eigenvalue weighted by atomic mass is 10.2. The van der Waals surface area contributed by atoms with Crippen LogP contribution in [-0.4, -0.2) is 24.7 Å². The molecule has 0 bridgehead atoms. The van der Waals surface area contributed by atoms with Gasteiger partial charge in [-0.3, -0.25) is 9.36 Å². The minimum atomic E-state index is 0.397. The van der Waals surface area contributed by atoms with E-state index in [1.54, 1.807) is 33.8 Å². The molecular weight excluding hydrogens is 510 g/mol. The number of thiocarbonyl (C=S) groups is 1. The van der Waals surface area contributed by atoms with Crippen LogP contribution in [0.1, 0.15) is 11.1 Å². The maximum atomic E-state index is 6.24. The highest BCUT2D eigenvalue weighted by molar-refractivity contribution is 7.80. The summed E-state index contributed by atoms with van der Waals surface area (Å²) >= 11 is 29.6. The molecule has 4 aromatic rings. The Hall–Kier alpha value is -2.29. The van der Waals surface area contributed by atoms with Crippen molar-refractivity contribution in [3.63, 3.8) is 0 Å². The highest BCUT2D eigenvalue weighted by Gasteiger charge is 2.07. The van der Waals surface area contributed by atoms with E-state index in [9.17, 15) is 0 Å². The van der Waals surface area contributed by atoms with Crippen LogP contribution in [0.4, 0.5) is 11.5 Å². The molecule has 0 saturated carbocycles. The lowest BCUT2D eigenvalue weighted by Crippen LogP contribution is -2.19. The first-order chi connectivity index (χ1) is 15.4. The van der Waals surface area contributed by atoms with Crippen LogP contribution >= 0.6 is 58.6 Å². The van der Waals surface area contributed by atoms with Crippen LogP contribution in [0.2, 0.25) is 20.1 Å². The van der Waals surface area contributed by atoms with Gasteiger partial charge in [-0.25, -0.2) is 0 Å². The summed E-state index contributed by atoms with van der Waals surface area (Å²) in [4.78, 5) is 0. The van der Waals surface area contributed by atoms with Gasteiger partial charge < -0.3 is 10.6 Å². The molecule has 0 aliphatic carbocycles. The van der Waals surface area contributed by atoms with Gasteiger partial charge in [0.05, 0.1) is 35.0 Å². The van der Waals surface area contributed by atoms with Crippen molar-refractivity contribution in [3.05, 3.63) is 92.3 Å². The molecule has 0 aliphatic rings. The molecule has 0 saturated heterocycles. The zero-order valence-corrected chi connectivity index (χ0v) is 20.2. The van der Waals surface area contributed by atoms with Gasteiger partial charge in [0.15, 0.2) is 10.9 Å². The first kappa shape index (κ1) is 22.9. The molecule has 4 rings (SSSR count). The van der Waals surface area contributed by atoms with Gasteiger partial charge in [0.25, 0.3) is 0 Å². The van der Waals surface area contributed by atoms with E-state index in [1.165, 1.54) is 0 Å². The van der Waals surface area contributed by atoms with Crippen LogP contribution in [0.25, 0.3) is 0 Å². The summed E-state index contributed by atoms with van der Waals surface area (Å²) in [6.07, 6.45) is 5.36. The monoisotopic (exact) mass is 524 g/mol. The number of aromatic nitrogens is 4. The van der Waals surface area contributed by atoms with Crippen molar-refractivity contribution in [2.45, 2.75) is 13.1 Å². The van der Waals surface area contributed by atoms with Crippen LogP contribution in [0.5, 0.6) is 0 Å². The zero-order chi connectivity index (χ0) is 22.7. The highest BCUT2D eigenvalue weighted by Crippen LogP contribution is 2.23. The molecule has 0 amide bonds. The Morgan fingerprint density at radius 1 is 0.875 bits per heavy atom. The van der Waals surface area contributed by atoms with Gasteiger partial charge in [0, 0.05) is 28.5 Å². The molecule has 32 heavy (non-hydrogen) atoms. The predicted octanol–water partition coefficient (Wildman–Crippen LogP) is 6.60. The highest BCUT2D eigenvalue weighted by atomic mass is 35.5. The first-order valence-corrected chi connectivity index (χ1v) is 11.3. The fourth-order valence-corrected chi connectivity index (χ4v) is 3.97. The third-order valence-electron chi connectivity index (χ3n) is 4.45. The Morgan fingerprint density at radius 2 is 1.72 bits per heavy atom. The Balaban J connectivity index is 1.33. The molecule has 0 unspecified atom stereocenters. The van der Waals surface area contributed by atoms with E-state index >= 15 is 0 Å². The Bertz CT molecular complexity index is 1270. The lowest BCUT2D eigenvalue weighted by Gasteiger charge is -2.07. The van der Waals surface area contributed by atoms with Crippen molar-refractivity contribution >= 4 is 75.2 Å². The van der Waals surface area contributed by atoms with Gasteiger partial charge >= 0.3 is 0 Å². The number of anilines is 2. The number of halogens is 4. The summed E-state index contributed by atoms with van der Waals surface area (Å²) in [6, 6.07) is 12.7. The number of rotatable bonds is 6. The van der Waals surface area contributed by atoms with Crippen LogP contribution in [-0.2, 0) is 13.1 Å². The van der Waals surface area contributed by atoms with E-state index in [2.05, 4.69) is 20.8 Å². The molecule has 0 fully saturated rings. The summed E-state index contributed by atoms with van der Waals surface area (Å²) in [5.41, 5.74) is 2.64. The second kappa shape index (κ2) is 10.1. The van der Waals surface area contributed by atoms with Gasteiger partial charge in [0.1, 0.15) is 0 Å². The molecule has 2 aromatic heterocycles. The number of nitrogens with one attached hydrogen (secondary N) is 2. The minimum Gasteiger partial charge on any atom is -0.330 e. The summed E-state index contributed by atoms with van der Waals surface area (Å²) < 4.78 is 3.53. The van der Waals surface area contributed by atoms with Crippen LogP contribution in [0.3, 0.4) is 0 Å². The second-order valence-corrected chi connectivity index (χ2v) is 8.95. The van der Waals surface area contributed by atoms with Crippen LogP contribution in [0.15, 0.2) is 61.1 Å². The fourth-order valence-electron chi connectivity index (χ4n) is 2.96. The van der Waals surface area contributed by atoms with E-state index in [4.69, 9.17) is 58.6 Å². The molecule has 11 heteroatoms. The molecule has 0 spiro atoms. The maximum Gasteiger partial charge on any atom is 0.176 e. The van der Waals surface area contributed by atoms with Crippen LogP contribution < -0.4 is 10.6 Å². The summed E-state index contributed by atoms with van der Waals surface area (Å²) in [7, 11) is 0. The fraction of sp³-hybridized carbons (Fsp3) is 0.0952. The van der Waals surface area contributed by atoms with Gasteiger partial charge in [-0.2, -0.15) is 10.2 Å². The number of benzene rings is 2.